The maximum atomic E-state index is 12.7. The van der Waals surface area contributed by atoms with Crippen molar-refractivity contribution in [1.82, 2.24) is 10.2 Å². The maximum Gasteiger partial charge on any atom is 0.410 e. The molecule has 1 aliphatic rings. The van der Waals surface area contributed by atoms with Crippen molar-refractivity contribution < 1.29 is 29.0 Å². The van der Waals surface area contributed by atoms with Gasteiger partial charge in [-0.25, -0.2) is 14.4 Å². The Bertz CT molecular complexity index is 1020. The third-order valence-electron chi connectivity index (χ3n) is 5.95. The van der Waals surface area contributed by atoms with Crippen LogP contribution in [0.2, 0.25) is 0 Å². The number of likely N-dealkylation sites (N-methyl/N-ethyl adjacent to an activating group) is 1. The number of nitrogens with zero attached hydrogens (tertiary/aromatic N) is 1. The fourth-order valence-corrected chi connectivity index (χ4v) is 4.27. The fourth-order valence-electron chi connectivity index (χ4n) is 4.27. The zero-order valence-corrected chi connectivity index (χ0v) is 20.7. The van der Waals surface area contributed by atoms with Crippen molar-refractivity contribution in [3.8, 4) is 11.1 Å². The van der Waals surface area contributed by atoms with Crippen LogP contribution in [0, 0.1) is 0 Å². The number of carbonyl (C=O) groups is 3. The van der Waals surface area contributed by atoms with Crippen molar-refractivity contribution in [3.63, 3.8) is 0 Å². The number of carboxylic acids is 1. The highest BCUT2D eigenvalue weighted by molar-refractivity contribution is 5.81. The number of carbonyl (C=O) groups excluding carboxylic acids is 2. The number of ether oxygens (including phenoxy) is 2. The molecule has 35 heavy (non-hydrogen) atoms. The Kier molecular flexibility index (Phi) is 8.38. The van der Waals surface area contributed by atoms with E-state index < -0.39 is 29.8 Å². The Labute approximate surface area is 206 Å². The number of hydrogen-bond donors (Lipinski definition) is 2. The smallest absolute Gasteiger partial charge is 0.410 e. The lowest BCUT2D eigenvalue weighted by Gasteiger charge is -2.25. The largest absolute Gasteiger partial charge is 0.480 e. The van der Waals surface area contributed by atoms with Crippen LogP contribution < -0.4 is 5.32 Å². The van der Waals surface area contributed by atoms with Gasteiger partial charge in [0.25, 0.3) is 0 Å². The lowest BCUT2D eigenvalue weighted by molar-refractivity contribution is -0.142. The Morgan fingerprint density at radius 1 is 1.00 bits per heavy atom. The normalized spacial score (nSPS) is 13.4. The lowest BCUT2D eigenvalue weighted by Crippen LogP contribution is -2.43. The van der Waals surface area contributed by atoms with Gasteiger partial charge in [-0.05, 0) is 62.3 Å². The van der Waals surface area contributed by atoms with Crippen LogP contribution in [0.5, 0.6) is 0 Å². The number of fused-ring (bicyclic) bond motifs is 3. The van der Waals surface area contributed by atoms with Crippen molar-refractivity contribution in [3.05, 3.63) is 59.7 Å². The Hall–Kier alpha value is -3.55. The van der Waals surface area contributed by atoms with E-state index in [2.05, 4.69) is 17.4 Å². The number of aliphatic carboxylic acids is 1. The summed E-state index contributed by atoms with van der Waals surface area (Å²) in [6.45, 7) is 5.83. The van der Waals surface area contributed by atoms with Gasteiger partial charge < -0.3 is 19.9 Å². The molecule has 8 heteroatoms. The monoisotopic (exact) mass is 482 g/mol. The lowest BCUT2D eigenvalue weighted by atomic mass is 9.98. The van der Waals surface area contributed by atoms with Gasteiger partial charge in [0, 0.05) is 19.5 Å². The Balaban J connectivity index is 1.51. The van der Waals surface area contributed by atoms with E-state index in [9.17, 15) is 19.5 Å². The predicted molar refractivity (Wildman–Crippen MR) is 132 cm³/mol. The Morgan fingerprint density at radius 2 is 1.57 bits per heavy atom. The van der Waals surface area contributed by atoms with Gasteiger partial charge in [-0.3, -0.25) is 4.90 Å². The van der Waals surface area contributed by atoms with Crippen LogP contribution in [-0.4, -0.2) is 60.0 Å². The molecule has 0 spiro atoms. The second-order valence-corrected chi connectivity index (χ2v) is 9.69. The summed E-state index contributed by atoms with van der Waals surface area (Å²) in [5, 5.41) is 12.3. The molecule has 2 aromatic rings. The molecule has 188 valence electrons. The molecule has 0 saturated heterocycles. The average Bonchev–Trinajstić information content (AvgIpc) is 3.11. The fraction of sp³-hybridized carbons (Fsp3) is 0.444. The first-order chi connectivity index (χ1) is 16.6. The summed E-state index contributed by atoms with van der Waals surface area (Å²) in [5.41, 5.74) is 3.86. The van der Waals surface area contributed by atoms with Crippen molar-refractivity contribution in [1.29, 1.82) is 0 Å². The van der Waals surface area contributed by atoms with Crippen molar-refractivity contribution >= 4 is 18.2 Å². The van der Waals surface area contributed by atoms with E-state index in [-0.39, 0.29) is 18.9 Å². The summed E-state index contributed by atoms with van der Waals surface area (Å²) in [6.07, 6.45) is 0.121. The second-order valence-electron chi connectivity index (χ2n) is 9.69. The number of unbranched alkanes of at least 4 members (excludes halogenated alkanes) is 1. The van der Waals surface area contributed by atoms with E-state index in [0.29, 0.717) is 19.4 Å². The van der Waals surface area contributed by atoms with Crippen LogP contribution >= 0.6 is 0 Å². The molecule has 1 atom stereocenters. The summed E-state index contributed by atoms with van der Waals surface area (Å²) in [7, 11) is 1.44. The van der Waals surface area contributed by atoms with E-state index in [1.165, 1.54) is 7.05 Å². The SMILES string of the molecule is CN(C(=O)OCC1c2ccccc2-c2ccccc21)[C@H](CCCCNC(=O)OC(C)(C)C)C(=O)O. The summed E-state index contributed by atoms with van der Waals surface area (Å²) < 4.78 is 10.8. The molecule has 0 saturated carbocycles. The number of carboxylic acid groups (broad SMARTS) is 1. The molecule has 0 fully saturated rings. The molecule has 1 aliphatic carbocycles. The van der Waals surface area contributed by atoms with Gasteiger partial charge in [-0.1, -0.05) is 48.5 Å². The number of benzene rings is 2. The first-order valence-electron chi connectivity index (χ1n) is 11.9. The van der Waals surface area contributed by atoms with E-state index in [1.54, 1.807) is 20.8 Å². The number of nitrogens with one attached hydrogen (secondary N) is 1. The number of hydrogen-bond acceptors (Lipinski definition) is 5. The van der Waals surface area contributed by atoms with E-state index in [0.717, 1.165) is 27.2 Å². The minimum absolute atomic E-state index is 0.0954. The highest BCUT2D eigenvalue weighted by Crippen LogP contribution is 2.44. The molecule has 2 aromatic carbocycles. The summed E-state index contributed by atoms with van der Waals surface area (Å²) in [6, 6.07) is 15.0. The third kappa shape index (κ3) is 6.74. The van der Waals surface area contributed by atoms with Gasteiger partial charge in [-0.15, -0.1) is 0 Å². The minimum atomic E-state index is -1.10. The van der Waals surface area contributed by atoms with Gasteiger partial charge in [0.1, 0.15) is 18.2 Å². The standard InChI is InChI=1S/C27H34N2O6/c1-27(2,3)35-25(32)28-16-10-9-15-23(24(30)31)29(4)26(33)34-17-22-20-13-7-5-11-18(20)19-12-6-8-14-21(19)22/h5-8,11-14,22-23H,9-10,15-17H2,1-4H3,(H,28,32)(H,30,31)/t23-/m1/s1. The van der Waals surface area contributed by atoms with E-state index >= 15 is 0 Å². The molecule has 2 N–H and O–H groups in total. The van der Waals surface area contributed by atoms with Gasteiger partial charge in [0.05, 0.1) is 0 Å². The summed E-state index contributed by atoms with van der Waals surface area (Å²) >= 11 is 0. The van der Waals surface area contributed by atoms with E-state index in [4.69, 9.17) is 9.47 Å². The molecule has 0 heterocycles. The van der Waals surface area contributed by atoms with Crippen LogP contribution in [0.25, 0.3) is 11.1 Å². The minimum Gasteiger partial charge on any atom is -0.480 e. The zero-order valence-electron chi connectivity index (χ0n) is 20.7. The molecule has 0 radical (unpaired) electrons. The van der Waals surface area contributed by atoms with Crippen LogP contribution in [0.1, 0.15) is 57.1 Å². The first kappa shape index (κ1) is 26.1. The average molecular weight is 483 g/mol. The first-order valence-corrected chi connectivity index (χ1v) is 11.9. The van der Waals surface area contributed by atoms with Crippen LogP contribution in [0.15, 0.2) is 48.5 Å². The van der Waals surface area contributed by atoms with Gasteiger partial charge in [0.2, 0.25) is 0 Å². The number of rotatable bonds is 9. The number of alkyl carbamates (subject to hydrolysis) is 1. The molecule has 2 amide bonds. The molecule has 0 bridgehead atoms. The Morgan fingerprint density at radius 3 is 2.11 bits per heavy atom. The predicted octanol–water partition coefficient (Wildman–Crippen LogP) is 5.02. The van der Waals surface area contributed by atoms with Crippen LogP contribution in [-0.2, 0) is 14.3 Å². The summed E-state index contributed by atoms with van der Waals surface area (Å²) in [4.78, 5) is 37.4. The zero-order chi connectivity index (χ0) is 25.6. The van der Waals surface area contributed by atoms with Crippen LogP contribution in [0.4, 0.5) is 9.59 Å². The molecule has 3 rings (SSSR count). The summed E-state index contributed by atoms with van der Waals surface area (Å²) in [5.74, 6) is -1.19. The van der Waals surface area contributed by atoms with Crippen molar-refractivity contribution in [2.24, 2.45) is 0 Å². The van der Waals surface area contributed by atoms with Crippen LogP contribution in [0.3, 0.4) is 0 Å². The maximum absolute atomic E-state index is 12.7. The molecule has 0 unspecified atom stereocenters. The molecule has 8 nitrogen and oxygen atoms in total. The second kappa shape index (κ2) is 11.3. The van der Waals surface area contributed by atoms with E-state index in [1.807, 2.05) is 36.4 Å². The third-order valence-corrected chi connectivity index (χ3v) is 5.95. The quantitative estimate of drug-likeness (QED) is 0.487. The van der Waals surface area contributed by atoms with Gasteiger partial charge in [-0.2, -0.15) is 0 Å². The van der Waals surface area contributed by atoms with Gasteiger partial charge >= 0.3 is 18.2 Å². The molecular formula is C27H34N2O6. The molecule has 0 aliphatic heterocycles. The van der Waals surface area contributed by atoms with Crippen molar-refractivity contribution in [2.45, 2.75) is 57.6 Å². The molecule has 0 aromatic heterocycles. The highest BCUT2D eigenvalue weighted by atomic mass is 16.6. The molecular weight excluding hydrogens is 448 g/mol. The number of amides is 2. The van der Waals surface area contributed by atoms with Crippen molar-refractivity contribution in [2.75, 3.05) is 20.2 Å². The van der Waals surface area contributed by atoms with Gasteiger partial charge in [0.15, 0.2) is 0 Å². The highest BCUT2D eigenvalue weighted by Gasteiger charge is 2.31. The topological polar surface area (TPSA) is 105 Å².